The van der Waals surface area contributed by atoms with Crippen LogP contribution in [0.15, 0.2) is 78.9 Å². The third kappa shape index (κ3) is 5.50. The lowest BCUT2D eigenvalue weighted by atomic mass is 9.64. The van der Waals surface area contributed by atoms with Crippen LogP contribution in [0.1, 0.15) is 37.5 Å². The number of carbonyl (C=O) groups excluding carboxylic acids is 1. The van der Waals surface area contributed by atoms with E-state index < -0.39 is 13.7 Å². The standard InChI is InChI=1S/C30H39NO4Si/c1-29(2,3)36(6,7)35-21-28(31-22-32)30(23-11-9-8-10-12-23,24-13-17-26(33-4)18-14-24)25-15-19-27(34-5)20-16-25/h8-20,22,28H,21H2,1-7H3,(H,31,32). The molecule has 1 N–H and O–H groups in total. The molecule has 3 aromatic rings. The molecule has 3 rings (SSSR count). The quantitative estimate of drug-likeness (QED) is 0.192. The minimum Gasteiger partial charge on any atom is -0.497 e. The fourth-order valence-electron chi connectivity index (χ4n) is 4.40. The van der Waals surface area contributed by atoms with Gasteiger partial charge in [0.15, 0.2) is 8.32 Å². The van der Waals surface area contributed by atoms with Gasteiger partial charge in [-0.25, -0.2) is 0 Å². The maximum atomic E-state index is 12.1. The van der Waals surface area contributed by atoms with Crippen molar-refractivity contribution in [3.63, 3.8) is 0 Å². The fraction of sp³-hybridized carbons (Fsp3) is 0.367. The first-order valence-corrected chi connectivity index (χ1v) is 15.2. The summed E-state index contributed by atoms with van der Waals surface area (Å²) in [6, 6.07) is 26.0. The van der Waals surface area contributed by atoms with Gasteiger partial charge >= 0.3 is 0 Å². The molecule has 0 aliphatic heterocycles. The highest BCUT2D eigenvalue weighted by molar-refractivity contribution is 6.74. The van der Waals surface area contributed by atoms with E-state index in [2.05, 4.69) is 75.6 Å². The zero-order chi connectivity index (χ0) is 26.4. The fourth-order valence-corrected chi connectivity index (χ4v) is 5.42. The molecular weight excluding hydrogens is 466 g/mol. The van der Waals surface area contributed by atoms with Crippen LogP contribution in [0.2, 0.25) is 18.1 Å². The number of rotatable bonds is 11. The Labute approximate surface area is 216 Å². The minimum absolute atomic E-state index is 0.0361. The smallest absolute Gasteiger partial charge is 0.207 e. The number of carbonyl (C=O) groups is 1. The zero-order valence-corrected chi connectivity index (χ0v) is 23.5. The maximum Gasteiger partial charge on any atom is 0.207 e. The number of methoxy groups -OCH3 is 2. The van der Waals surface area contributed by atoms with Crippen LogP contribution in [0.5, 0.6) is 11.5 Å². The van der Waals surface area contributed by atoms with Crippen molar-refractivity contribution in [1.29, 1.82) is 0 Å². The monoisotopic (exact) mass is 505 g/mol. The minimum atomic E-state index is -2.10. The summed E-state index contributed by atoms with van der Waals surface area (Å²) in [5, 5.41) is 3.19. The molecule has 36 heavy (non-hydrogen) atoms. The second kappa shape index (κ2) is 11.3. The maximum absolute atomic E-state index is 12.1. The third-order valence-electron chi connectivity index (χ3n) is 7.53. The molecule has 0 radical (unpaired) electrons. The summed E-state index contributed by atoms with van der Waals surface area (Å²) < 4.78 is 17.6. The Kier molecular flexibility index (Phi) is 8.64. The van der Waals surface area contributed by atoms with Crippen molar-refractivity contribution < 1.29 is 18.7 Å². The molecule has 1 unspecified atom stereocenters. The van der Waals surface area contributed by atoms with Crippen molar-refractivity contribution in [2.75, 3.05) is 20.8 Å². The Morgan fingerprint density at radius 2 is 1.22 bits per heavy atom. The number of benzene rings is 3. The lowest BCUT2D eigenvalue weighted by Crippen LogP contribution is -2.55. The highest BCUT2D eigenvalue weighted by atomic mass is 28.4. The predicted molar refractivity (Wildman–Crippen MR) is 148 cm³/mol. The number of hydrogen-bond donors (Lipinski definition) is 1. The van der Waals surface area contributed by atoms with E-state index in [0.717, 1.165) is 34.6 Å². The van der Waals surface area contributed by atoms with Gasteiger partial charge in [-0.2, -0.15) is 0 Å². The molecule has 0 aliphatic carbocycles. The van der Waals surface area contributed by atoms with Crippen LogP contribution in [0.3, 0.4) is 0 Å². The molecule has 0 spiro atoms. The molecule has 3 aromatic carbocycles. The first-order valence-electron chi connectivity index (χ1n) is 12.3. The lowest BCUT2D eigenvalue weighted by Gasteiger charge is -2.44. The molecule has 0 aliphatic rings. The van der Waals surface area contributed by atoms with Gasteiger partial charge in [-0.05, 0) is 59.1 Å². The normalized spacial score (nSPS) is 13.1. The molecule has 5 nitrogen and oxygen atoms in total. The van der Waals surface area contributed by atoms with E-state index in [1.54, 1.807) is 14.2 Å². The van der Waals surface area contributed by atoms with Gasteiger partial charge in [0.25, 0.3) is 0 Å². The van der Waals surface area contributed by atoms with Gasteiger partial charge in [-0.1, -0.05) is 75.4 Å². The van der Waals surface area contributed by atoms with Crippen molar-refractivity contribution in [2.24, 2.45) is 0 Å². The zero-order valence-electron chi connectivity index (χ0n) is 22.5. The Balaban J connectivity index is 2.30. The van der Waals surface area contributed by atoms with Crippen molar-refractivity contribution in [3.8, 4) is 11.5 Å². The number of nitrogens with one attached hydrogen (secondary N) is 1. The van der Waals surface area contributed by atoms with Crippen molar-refractivity contribution in [2.45, 2.75) is 50.4 Å². The van der Waals surface area contributed by atoms with E-state index in [1.165, 1.54) is 0 Å². The third-order valence-corrected chi connectivity index (χ3v) is 12.0. The van der Waals surface area contributed by atoms with Crippen LogP contribution >= 0.6 is 0 Å². The summed E-state index contributed by atoms with van der Waals surface area (Å²) in [5.74, 6) is 1.54. The molecule has 0 aromatic heterocycles. The van der Waals surface area contributed by atoms with E-state index in [-0.39, 0.29) is 11.1 Å². The van der Waals surface area contributed by atoms with E-state index >= 15 is 0 Å². The van der Waals surface area contributed by atoms with Crippen LogP contribution < -0.4 is 14.8 Å². The molecule has 0 saturated heterocycles. The molecule has 192 valence electrons. The van der Waals surface area contributed by atoms with Gasteiger partial charge in [0.2, 0.25) is 6.41 Å². The first-order chi connectivity index (χ1) is 17.1. The largest absolute Gasteiger partial charge is 0.497 e. The van der Waals surface area contributed by atoms with Gasteiger partial charge in [0.1, 0.15) is 11.5 Å². The molecule has 0 heterocycles. The van der Waals surface area contributed by atoms with Gasteiger partial charge < -0.3 is 19.2 Å². The van der Waals surface area contributed by atoms with Gasteiger partial charge in [-0.15, -0.1) is 0 Å². The average molecular weight is 506 g/mol. The van der Waals surface area contributed by atoms with Crippen molar-refractivity contribution >= 4 is 14.7 Å². The van der Waals surface area contributed by atoms with Crippen LogP contribution in [-0.4, -0.2) is 41.6 Å². The molecule has 1 atom stereocenters. The second-order valence-electron chi connectivity index (χ2n) is 10.5. The number of hydrogen-bond acceptors (Lipinski definition) is 4. The van der Waals surface area contributed by atoms with Crippen LogP contribution in [0.25, 0.3) is 0 Å². The SMILES string of the molecule is COc1ccc(C(c2ccccc2)(c2ccc(OC)cc2)C(CO[Si](C)(C)C(C)(C)C)NC=O)cc1. The molecular formula is C30H39NO4Si. The first kappa shape index (κ1) is 27.5. The highest BCUT2D eigenvalue weighted by Crippen LogP contribution is 2.44. The van der Waals surface area contributed by atoms with Crippen LogP contribution in [0, 0.1) is 0 Å². The van der Waals surface area contributed by atoms with Crippen LogP contribution in [0.4, 0.5) is 0 Å². The predicted octanol–water partition coefficient (Wildman–Crippen LogP) is 6.17. The van der Waals surface area contributed by atoms with E-state index in [9.17, 15) is 4.79 Å². The van der Waals surface area contributed by atoms with Crippen molar-refractivity contribution in [1.82, 2.24) is 5.32 Å². The molecule has 1 amide bonds. The number of amides is 1. The summed E-state index contributed by atoms with van der Waals surface area (Å²) in [6.07, 6.45) is 0.782. The molecule has 0 saturated carbocycles. The summed E-state index contributed by atoms with van der Waals surface area (Å²) >= 11 is 0. The van der Waals surface area contributed by atoms with E-state index in [0.29, 0.717) is 6.61 Å². The van der Waals surface area contributed by atoms with Gasteiger partial charge in [0, 0.05) is 0 Å². The summed E-state index contributed by atoms with van der Waals surface area (Å²) in [5.41, 5.74) is 2.37. The average Bonchev–Trinajstić information content (AvgIpc) is 2.88. The Hall–Kier alpha value is -3.09. The second-order valence-corrected chi connectivity index (χ2v) is 15.3. The summed E-state index contributed by atoms with van der Waals surface area (Å²) in [6.45, 7) is 11.5. The van der Waals surface area contributed by atoms with Gasteiger partial charge in [0.05, 0.1) is 32.3 Å². The summed E-state index contributed by atoms with van der Waals surface area (Å²) in [4.78, 5) is 12.1. The van der Waals surface area contributed by atoms with Crippen LogP contribution in [-0.2, 0) is 14.6 Å². The van der Waals surface area contributed by atoms with Crippen molar-refractivity contribution in [3.05, 3.63) is 95.6 Å². The molecule has 0 bridgehead atoms. The lowest BCUT2D eigenvalue weighted by molar-refractivity contribution is -0.110. The summed E-state index contributed by atoms with van der Waals surface area (Å²) in [7, 11) is 1.22. The van der Waals surface area contributed by atoms with Gasteiger partial charge in [-0.3, -0.25) is 4.79 Å². The van der Waals surface area contributed by atoms with E-state index in [4.69, 9.17) is 13.9 Å². The topological polar surface area (TPSA) is 56.8 Å². The Bertz CT molecular complexity index is 1060. The Morgan fingerprint density at radius 3 is 1.61 bits per heavy atom. The molecule has 0 fully saturated rings. The Morgan fingerprint density at radius 1 is 0.778 bits per heavy atom. The highest BCUT2D eigenvalue weighted by Gasteiger charge is 2.46. The number of ether oxygens (including phenoxy) is 2. The molecule has 6 heteroatoms. The van der Waals surface area contributed by atoms with E-state index in [1.807, 2.05) is 42.5 Å².